The van der Waals surface area contributed by atoms with Crippen molar-refractivity contribution in [1.29, 1.82) is 0 Å². The summed E-state index contributed by atoms with van der Waals surface area (Å²) in [5, 5.41) is 6.73. The molecule has 3 atom stereocenters. The highest BCUT2D eigenvalue weighted by Crippen LogP contribution is 2.19. The fraction of sp³-hybridized carbons (Fsp3) is 0.938. The van der Waals surface area contributed by atoms with E-state index in [0.29, 0.717) is 12.1 Å². The van der Waals surface area contributed by atoms with Crippen molar-refractivity contribution in [2.75, 3.05) is 0 Å². The molecule has 0 aromatic rings. The number of rotatable bonds is 4. The summed E-state index contributed by atoms with van der Waals surface area (Å²) in [5.41, 5.74) is -0.436. The first kappa shape index (κ1) is 17.3. The van der Waals surface area contributed by atoms with Crippen LogP contribution in [0.25, 0.3) is 0 Å². The molecule has 0 radical (unpaired) electrons. The van der Waals surface area contributed by atoms with Crippen molar-refractivity contribution in [2.45, 2.75) is 96.9 Å². The summed E-state index contributed by atoms with van der Waals surface area (Å²) in [6.07, 6.45) is 6.65. The summed E-state index contributed by atoms with van der Waals surface area (Å²) in [5.74, 6) is 0. The van der Waals surface area contributed by atoms with Gasteiger partial charge < -0.3 is 15.4 Å². The van der Waals surface area contributed by atoms with Crippen LogP contribution in [0.4, 0.5) is 4.79 Å². The highest BCUT2D eigenvalue weighted by Gasteiger charge is 2.27. The maximum absolute atomic E-state index is 12.0. The van der Waals surface area contributed by atoms with Crippen molar-refractivity contribution in [3.05, 3.63) is 0 Å². The standard InChI is InChI=1S/C16H32N2O2/c1-6-12(2)17-13-10-8-7-9-11-14(13)18-15(19)20-16(3,4)5/h12-14,17H,6-11H2,1-5H3,(H,18,19). The Kier molecular flexibility index (Phi) is 6.80. The van der Waals surface area contributed by atoms with E-state index in [-0.39, 0.29) is 12.1 Å². The second-order valence-corrected chi connectivity index (χ2v) is 6.97. The fourth-order valence-corrected chi connectivity index (χ4v) is 2.62. The maximum atomic E-state index is 12.0. The molecular formula is C16H32N2O2. The number of ether oxygens (including phenoxy) is 1. The van der Waals surface area contributed by atoms with Crippen LogP contribution in [0.3, 0.4) is 0 Å². The minimum absolute atomic E-state index is 0.182. The number of amides is 1. The number of hydrogen-bond acceptors (Lipinski definition) is 3. The highest BCUT2D eigenvalue weighted by molar-refractivity contribution is 5.68. The predicted octanol–water partition coefficient (Wildman–Crippen LogP) is 3.60. The molecule has 1 amide bonds. The number of carbonyl (C=O) groups is 1. The number of nitrogens with one attached hydrogen (secondary N) is 2. The molecule has 1 aliphatic carbocycles. The topological polar surface area (TPSA) is 50.4 Å². The van der Waals surface area contributed by atoms with Crippen molar-refractivity contribution < 1.29 is 9.53 Å². The van der Waals surface area contributed by atoms with Gasteiger partial charge in [-0.25, -0.2) is 4.79 Å². The molecular weight excluding hydrogens is 252 g/mol. The minimum atomic E-state index is -0.436. The Bertz CT molecular complexity index is 299. The molecule has 4 nitrogen and oxygen atoms in total. The Morgan fingerprint density at radius 1 is 1.20 bits per heavy atom. The normalized spacial score (nSPS) is 25.6. The SMILES string of the molecule is CCC(C)NC1CCCCCC1NC(=O)OC(C)(C)C. The van der Waals surface area contributed by atoms with Gasteiger partial charge in [0, 0.05) is 18.1 Å². The number of hydrogen-bond donors (Lipinski definition) is 2. The lowest BCUT2D eigenvalue weighted by molar-refractivity contribution is 0.0488. The molecule has 3 unspecified atom stereocenters. The van der Waals surface area contributed by atoms with Crippen LogP contribution in [-0.4, -0.2) is 29.8 Å². The first-order chi connectivity index (χ1) is 9.31. The van der Waals surface area contributed by atoms with Gasteiger partial charge >= 0.3 is 6.09 Å². The van der Waals surface area contributed by atoms with Crippen LogP contribution >= 0.6 is 0 Å². The molecule has 1 rings (SSSR count). The minimum Gasteiger partial charge on any atom is -0.444 e. The van der Waals surface area contributed by atoms with E-state index in [0.717, 1.165) is 19.3 Å². The van der Waals surface area contributed by atoms with Gasteiger partial charge in [-0.3, -0.25) is 0 Å². The fourth-order valence-electron chi connectivity index (χ4n) is 2.62. The maximum Gasteiger partial charge on any atom is 0.407 e. The summed E-state index contributed by atoms with van der Waals surface area (Å²) < 4.78 is 5.38. The summed E-state index contributed by atoms with van der Waals surface area (Å²) in [7, 11) is 0. The average molecular weight is 284 g/mol. The van der Waals surface area contributed by atoms with Crippen LogP contribution in [0.2, 0.25) is 0 Å². The molecule has 20 heavy (non-hydrogen) atoms. The molecule has 0 aromatic carbocycles. The van der Waals surface area contributed by atoms with Crippen molar-refractivity contribution in [1.82, 2.24) is 10.6 Å². The molecule has 1 fully saturated rings. The van der Waals surface area contributed by atoms with Crippen molar-refractivity contribution in [3.8, 4) is 0 Å². The first-order valence-corrected chi connectivity index (χ1v) is 8.07. The van der Waals surface area contributed by atoms with Gasteiger partial charge in [0.15, 0.2) is 0 Å². The number of carbonyl (C=O) groups excluding carboxylic acids is 1. The largest absolute Gasteiger partial charge is 0.444 e. The van der Waals surface area contributed by atoms with E-state index in [2.05, 4.69) is 24.5 Å². The van der Waals surface area contributed by atoms with Gasteiger partial charge in [-0.2, -0.15) is 0 Å². The summed E-state index contributed by atoms with van der Waals surface area (Å²) in [6, 6.07) is 1.03. The van der Waals surface area contributed by atoms with E-state index in [9.17, 15) is 4.79 Å². The zero-order valence-corrected chi connectivity index (χ0v) is 13.8. The van der Waals surface area contributed by atoms with Crippen molar-refractivity contribution >= 4 is 6.09 Å². The Morgan fingerprint density at radius 2 is 1.80 bits per heavy atom. The molecule has 0 spiro atoms. The van der Waals surface area contributed by atoms with Gasteiger partial charge in [-0.1, -0.05) is 26.2 Å². The van der Waals surface area contributed by atoms with Crippen molar-refractivity contribution in [3.63, 3.8) is 0 Å². The van der Waals surface area contributed by atoms with Crippen molar-refractivity contribution in [2.24, 2.45) is 0 Å². The molecule has 1 saturated carbocycles. The van der Waals surface area contributed by atoms with Gasteiger partial charge in [0.05, 0.1) is 0 Å². The summed E-state index contributed by atoms with van der Waals surface area (Å²) >= 11 is 0. The molecule has 0 saturated heterocycles. The van der Waals surface area contributed by atoms with E-state index in [1.165, 1.54) is 19.3 Å². The molecule has 0 bridgehead atoms. The van der Waals surface area contributed by atoms with E-state index in [4.69, 9.17) is 4.74 Å². The summed E-state index contributed by atoms with van der Waals surface area (Å²) in [6.45, 7) is 10.1. The quantitative estimate of drug-likeness (QED) is 0.776. The third-order valence-corrected chi connectivity index (χ3v) is 3.83. The third kappa shape index (κ3) is 6.60. The average Bonchev–Trinajstić information content (AvgIpc) is 2.53. The van der Waals surface area contributed by atoms with E-state index in [1.54, 1.807) is 0 Å². The van der Waals surface area contributed by atoms with Gasteiger partial charge in [0.25, 0.3) is 0 Å². The number of alkyl carbamates (subject to hydrolysis) is 1. The molecule has 1 aliphatic rings. The predicted molar refractivity (Wildman–Crippen MR) is 82.9 cm³/mol. The van der Waals surface area contributed by atoms with E-state index < -0.39 is 5.60 Å². The molecule has 0 aliphatic heterocycles. The lowest BCUT2D eigenvalue weighted by Gasteiger charge is -2.30. The van der Waals surface area contributed by atoms with E-state index in [1.807, 2.05) is 20.8 Å². The van der Waals surface area contributed by atoms with Crippen LogP contribution < -0.4 is 10.6 Å². The molecule has 0 heterocycles. The lowest BCUT2D eigenvalue weighted by Crippen LogP contribution is -2.52. The Hall–Kier alpha value is -0.770. The second kappa shape index (κ2) is 7.87. The van der Waals surface area contributed by atoms with Crippen LogP contribution in [0, 0.1) is 0 Å². The molecule has 118 valence electrons. The van der Waals surface area contributed by atoms with Crippen LogP contribution in [0.1, 0.15) is 73.1 Å². The Balaban J connectivity index is 2.58. The Labute approximate surface area is 124 Å². The monoisotopic (exact) mass is 284 g/mol. The zero-order chi connectivity index (χ0) is 15.2. The Morgan fingerprint density at radius 3 is 2.35 bits per heavy atom. The molecule has 2 N–H and O–H groups in total. The second-order valence-electron chi connectivity index (χ2n) is 6.97. The highest BCUT2D eigenvalue weighted by atomic mass is 16.6. The van der Waals surface area contributed by atoms with Gasteiger partial charge in [0.2, 0.25) is 0 Å². The van der Waals surface area contributed by atoms with Gasteiger partial charge in [-0.15, -0.1) is 0 Å². The molecule has 4 heteroatoms. The molecule has 0 aromatic heterocycles. The van der Waals surface area contributed by atoms with Gasteiger partial charge in [0.1, 0.15) is 5.60 Å². The lowest BCUT2D eigenvalue weighted by atomic mass is 10.0. The third-order valence-electron chi connectivity index (χ3n) is 3.83. The van der Waals surface area contributed by atoms with Gasteiger partial charge in [-0.05, 0) is 47.0 Å². The van der Waals surface area contributed by atoms with E-state index >= 15 is 0 Å². The zero-order valence-electron chi connectivity index (χ0n) is 13.8. The first-order valence-electron chi connectivity index (χ1n) is 8.07. The van der Waals surface area contributed by atoms with Crippen LogP contribution in [-0.2, 0) is 4.74 Å². The smallest absolute Gasteiger partial charge is 0.407 e. The van der Waals surface area contributed by atoms with Crippen LogP contribution in [0.5, 0.6) is 0 Å². The summed E-state index contributed by atoms with van der Waals surface area (Å²) in [4.78, 5) is 12.0. The van der Waals surface area contributed by atoms with Crippen LogP contribution in [0.15, 0.2) is 0 Å².